The van der Waals surface area contributed by atoms with Gasteiger partial charge in [0, 0.05) is 37.5 Å². The molecule has 43 heavy (non-hydrogen) atoms. The molecule has 228 valence electrons. The average molecular weight is 622 g/mol. The summed E-state index contributed by atoms with van der Waals surface area (Å²) < 4.78 is -1.24. The summed E-state index contributed by atoms with van der Waals surface area (Å²) in [4.78, 5) is 48.8. The van der Waals surface area contributed by atoms with Crippen LogP contribution in [-0.4, -0.2) is 74.4 Å². The number of rotatable bonds is 13. The highest BCUT2D eigenvalue weighted by Crippen LogP contribution is 2.71. The van der Waals surface area contributed by atoms with Crippen LogP contribution in [0.1, 0.15) is 38.2 Å². The number of hydrogen-bond donors (Lipinski definition) is 1. The van der Waals surface area contributed by atoms with Crippen molar-refractivity contribution in [2.24, 2.45) is 11.8 Å². The van der Waals surface area contributed by atoms with Crippen LogP contribution >= 0.6 is 23.4 Å². The third-order valence-electron chi connectivity index (χ3n) is 9.18. The van der Waals surface area contributed by atoms with Gasteiger partial charge in [-0.15, -0.1) is 24.9 Å². The van der Waals surface area contributed by atoms with Gasteiger partial charge in [0.1, 0.15) is 6.04 Å². The maximum absolute atomic E-state index is 14.7. The number of fused-ring (bicyclic) bond motifs is 1. The fourth-order valence-electron chi connectivity index (χ4n) is 7.36. The van der Waals surface area contributed by atoms with E-state index in [2.05, 4.69) is 20.1 Å². The molecule has 3 amide bonds. The van der Waals surface area contributed by atoms with Crippen LogP contribution in [0.4, 0.5) is 5.69 Å². The molecule has 7 nitrogen and oxygen atoms in total. The Balaban J connectivity index is 1.56. The summed E-state index contributed by atoms with van der Waals surface area (Å²) in [7, 11) is 0. The Morgan fingerprint density at radius 3 is 2.42 bits per heavy atom. The summed E-state index contributed by atoms with van der Waals surface area (Å²) in [5, 5.41) is 9.94. The van der Waals surface area contributed by atoms with Crippen molar-refractivity contribution in [3.8, 4) is 0 Å². The first-order valence-corrected chi connectivity index (χ1v) is 16.1. The van der Waals surface area contributed by atoms with E-state index in [-0.39, 0.29) is 30.9 Å². The second-order valence-electron chi connectivity index (χ2n) is 11.9. The number of carbonyl (C=O) groups is 3. The molecule has 0 saturated carbocycles. The summed E-state index contributed by atoms with van der Waals surface area (Å²) in [6, 6.07) is 16.2. The van der Waals surface area contributed by atoms with E-state index in [1.165, 1.54) is 0 Å². The SMILES string of the molecule is C=CCN(Cc1ccccc1)C(=O)[C@@H]1[C@H]2C(=O)N(CCCCO)C(C(=O)N(CC=C)c3ccccc3Cl)C23CC[C@@]1(C)S3. The summed E-state index contributed by atoms with van der Waals surface area (Å²) in [6.45, 7) is 11.2. The van der Waals surface area contributed by atoms with Gasteiger partial charge in [-0.1, -0.05) is 66.2 Å². The van der Waals surface area contributed by atoms with E-state index in [0.29, 0.717) is 49.6 Å². The predicted octanol–water partition coefficient (Wildman–Crippen LogP) is 5.33. The largest absolute Gasteiger partial charge is 0.396 e. The Morgan fingerprint density at radius 1 is 1.05 bits per heavy atom. The summed E-state index contributed by atoms with van der Waals surface area (Å²) in [5.74, 6) is -1.65. The molecule has 5 rings (SSSR count). The van der Waals surface area contributed by atoms with E-state index in [9.17, 15) is 19.5 Å². The highest BCUT2D eigenvalue weighted by Gasteiger charge is 2.77. The van der Waals surface area contributed by atoms with Crippen LogP contribution in [0.2, 0.25) is 5.02 Å². The molecule has 1 N–H and O–H groups in total. The number of thioether (sulfide) groups is 1. The monoisotopic (exact) mass is 621 g/mol. The van der Waals surface area contributed by atoms with Gasteiger partial charge in [0.2, 0.25) is 11.8 Å². The molecule has 0 radical (unpaired) electrons. The molecule has 5 atom stereocenters. The number of aliphatic hydroxyl groups excluding tert-OH is 1. The molecule has 3 heterocycles. The zero-order valence-corrected chi connectivity index (χ0v) is 26.2. The number of halogens is 1. The van der Waals surface area contributed by atoms with Gasteiger partial charge < -0.3 is 19.8 Å². The normalized spacial score (nSPS) is 27.2. The van der Waals surface area contributed by atoms with Crippen molar-refractivity contribution in [3.05, 3.63) is 90.5 Å². The van der Waals surface area contributed by atoms with Crippen molar-refractivity contribution < 1.29 is 19.5 Å². The number of para-hydroxylation sites is 1. The van der Waals surface area contributed by atoms with Crippen LogP contribution in [0.15, 0.2) is 79.9 Å². The van der Waals surface area contributed by atoms with Gasteiger partial charge in [-0.25, -0.2) is 0 Å². The maximum Gasteiger partial charge on any atom is 0.251 e. The van der Waals surface area contributed by atoms with Gasteiger partial charge >= 0.3 is 0 Å². The molecular formula is C34H40ClN3O4S. The number of amides is 3. The second-order valence-corrected chi connectivity index (χ2v) is 14.2. The van der Waals surface area contributed by atoms with Gasteiger partial charge in [0.15, 0.2) is 0 Å². The number of aliphatic hydroxyl groups is 1. The number of hydrogen-bond acceptors (Lipinski definition) is 5. The Hall–Kier alpha value is -3.07. The first-order valence-electron chi connectivity index (χ1n) is 14.9. The third-order valence-corrected chi connectivity index (χ3v) is 11.5. The summed E-state index contributed by atoms with van der Waals surface area (Å²) >= 11 is 8.24. The fourth-order valence-corrected chi connectivity index (χ4v) is 9.94. The second kappa shape index (κ2) is 12.9. The van der Waals surface area contributed by atoms with Crippen LogP contribution in [0, 0.1) is 11.8 Å². The lowest BCUT2D eigenvalue weighted by atomic mass is 9.66. The predicted molar refractivity (Wildman–Crippen MR) is 173 cm³/mol. The van der Waals surface area contributed by atoms with Gasteiger partial charge in [-0.3, -0.25) is 14.4 Å². The van der Waals surface area contributed by atoms with E-state index >= 15 is 0 Å². The number of unbranched alkanes of at least 4 members (excludes halogenated alkanes) is 1. The smallest absolute Gasteiger partial charge is 0.251 e. The zero-order valence-electron chi connectivity index (χ0n) is 24.7. The molecule has 1 spiro atoms. The Morgan fingerprint density at radius 2 is 1.74 bits per heavy atom. The van der Waals surface area contributed by atoms with E-state index in [1.807, 2.05) is 42.5 Å². The van der Waals surface area contributed by atoms with Crippen LogP contribution in [0.5, 0.6) is 0 Å². The molecule has 2 aromatic carbocycles. The van der Waals surface area contributed by atoms with Gasteiger partial charge in [0.05, 0.1) is 27.3 Å². The molecule has 2 unspecified atom stereocenters. The van der Waals surface area contributed by atoms with E-state index in [1.54, 1.807) is 50.7 Å². The summed E-state index contributed by atoms with van der Waals surface area (Å²) in [6.07, 6.45) is 5.84. The van der Waals surface area contributed by atoms with Gasteiger partial charge in [0.25, 0.3) is 5.91 Å². The highest BCUT2D eigenvalue weighted by molar-refractivity contribution is 8.02. The summed E-state index contributed by atoms with van der Waals surface area (Å²) in [5.41, 5.74) is 1.57. The number of anilines is 1. The average Bonchev–Trinajstić information content (AvgIpc) is 3.57. The van der Waals surface area contributed by atoms with Crippen molar-refractivity contribution >= 4 is 46.8 Å². The molecule has 3 aliphatic heterocycles. The fraction of sp³-hybridized carbons (Fsp3) is 0.441. The topological polar surface area (TPSA) is 81.2 Å². The molecular weight excluding hydrogens is 582 g/mol. The van der Waals surface area contributed by atoms with E-state index in [0.717, 1.165) is 12.0 Å². The van der Waals surface area contributed by atoms with E-state index in [4.69, 9.17) is 11.6 Å². The Bertz CT molecular complexity index is 1390. The first kappa shape index (κ1) is 31.4. The minimum absolute atomic E-state index is 0.00135. The minimum Gasteiger partial charge on any atom is -0.396 e. The van der Waals surface area contributed by atoms with E-state index < -0.39 is 27.4 Å². The van der Waals surface area contributed by atoms with Crippen LogP contribution in [0.25, 0.3) is 0 Å². The zero-order chi connectivity index (χ0) is 30.8. The lowest BCUT2D eigenvalue weighted by Gasteiger charge is -2.38. The molecule has 3 aliphatic rings. The van der Waals surface area contributed by atoms with Gasteiger partial charge in [-0.05, 0) is 50.3 Å². The van der Waals surface area contributed by atoms with Crippen molar-refractivity contribution in [3.63, 3.8) is 0 Å². The number of nitrogens with zero attached hydrogens (tertiary/aromatic N) is 3. The van der Waals surface area contributed by atoms with Crippen molar-refractivity contribution in [1.82, 2.24) is 9.80 Å². The Kier molecular flexibility index (Phi) is 9.40. The third kappa shape index (κ3) is 5.54. The number of likely N-dealkylation sites (tertiary alicyclic amines) is 1. The molecule has 3 saturated heterocycles. The van der Waals surface area contributed by atoms with Crippen LogP contribution in [-0.2, 0) is 20.9 Å². The maximum atomic E-state index is 14.7. The molecule has 0 aromatic heterocycles. The lowest BCUT2D eigenvalue weighted by molar-refractivity contribution is -0.145. The van der Waals surface area contributed by atoms with Gasteiger partial charge in [-0.2, -0.15) is 0 Å². The quantitative estimate of drug-likeness (QED) is 0.242. The van der Waals surface area contributed by atoms with Crippen molar-refractivity contribution in [1.29, 1.82) is 0 Å². The van der Waals surface area contributed by atoms with Crippen molar-refractivity contribution in [2.45, 2.75) is 54.7 Å². The van der Waals surface area contributed by atoms with Crippen LogP contribution in [0.3, 0.4) is 0 Å². The number of benzene rings is 2. The molecule has 2 bridgehead atoms. The Labute approximate surface area is 263 Å². The molecule has 2 aromatic rings. The molecule has 9 heteroatoms. The number of carbonyl (C=O) groups excluding carboxylic acids is 3. The molecule has 0 aliphatic carbocycles. The first-order chi connectivity index (χ1) is 20.7. The lowest BCUT2D eigenvalue weighted by Crippen LogP contribution is -2.55. The van der Waals surface area contributed by atoms with Crippen LogP contribution < -0.4 is 4.90 Å². The molecule has 3 fully saturated rings. The minimum atomic E-state index is -0.772. The van der Waals surface area contributed by atoms with Crippen molar-refractivity contribution in [2.75, 3.05) is 31.1 Å². The highest BCUT2D eigenvalue weighted by atomic mass is 35.5. The standard InChI is InChI=1S/C34H40ClN3O4S/c1-4-19-36(23-24-13-7-6-8-14-24)30(40)27-28-31(41)38(21-11-12-22-39)29(34(28)18-17-33(27,3)43-34)32(42)37(20-5-2)26-16-10-9-15-25(26)35/h4-10,13-16,27-29,39H,1-2,11-12,17-23H2,3H3/t27-,28-,29?,33+,34?/m0/s1.